The highest BCUT2D eigenvalue weighted by Gasteiger charge is 2.08. The third-order valence-electron chi connectivity index (χ3n) is 2.04. The van der Waals surface area contributed by atoms with Gasteiger partial charge in [0.25, 0.3) is 0 Å². The number of halogens is 1. The third kappa shape index (κ3) is 1.80. The van der Waals surface area contributed by atoms with Crippen molar-refractivity contribution < 1.29 is 4.39 Å². The summed E-state index contributed by atoms with van der Waals surface area (Å²) in [4.78, 5) is 0. The van der Waals surface area contributed by atoms with E-state index in [1.54, 1.807) is 24.3 Å². The Balaban J connectivity index is 2.41. The second-order valence-electron chi connectivity index (χ2n) is 3.02. The van der Waals surface area contributed by atoms with Gasteiger partial charge in [-0.15, -0.1) is 22.8 Å². The van der Waals surface area contributed by atoms with Crippen LogP contribution in [0.4, 0.5) is 4.39 Å². The van der Waals surface area contributed by atoms with Gasteiger partial charge in [-0.1, -0.05) is 24.3 Å². The van der Waals surface area contributed by atoms with E-state index in [-0.39, 0.29) is 0 Å². The number of hydrogen-bond donors (Lipinski definition) is 2. The van der Waals surface area contributed by atoms with Gasteiger partial charge in [0, 0.05) is 5.56 Å². The number of rotatable bonds is 2. The first-order valence-corrected chi connectivity index (χ1v) is 4.72. The highest BCUT2D eigenvalue weighted by molar-refractivity contribution is 7.80. The molecule has 6 heteroatoms. The molecule has 0 unspecified atom stereocenters. The van der Waals surface area contributed by atoms with Crippen molar-refractivity contribution >= 4 is 12.6 Å². The van der Waals surface area contributed by atoms with Gasteiger partial charge in [-0.3, -0.25) is 0 Å². The zero-order chi connectivity index (χ0) is 10.8. The highest BCUT2D eigenvalue weighted by Crippen LogP contribution is 2.18. The van der Waals surface area contributed by atoms with Gasteiger partial charge in [0.15, 0.2) is 5.82 Å². The molecular formula is C9H9FN4S. The van der Waals surface area contributed by atoms with Gasteiger partial charge in [-0.05, 0) is 5.56 Å². The Kier molecular flexibility index (Phi) is 2.59. The maximum Gasteiger partial charge on any atom is 0.206 e. The van der Waals surface area contributed by atoms with Crippen molar-refractivity contribution in [3.8, 4) is 11.4 Å². The largest absolute Gasteiger partial charge is 0.335 e. The molecule has 4 nitrogen and oxygen atoms in total. The van der Waals surface area contributed by atoms with Crippen molar-refractivity contribution in [1.29, 1.82) is 0 Å². The van der Waals surface area contributed by atoms with Gasteiger partial charge in [0.2, 0.25) is 5.16 Å². The second kappa shape index (κ2) is 3.90. The van der Waals surface area contributed by atoms with Crippen LogP contribution in [0.15, 0.2) is 29.4 Å². The van der Waals surface area contributed by atoms with Crippen LogP contribution in [0, 0.1) is 0 Å². The number of thiol groups is 1. The van der Waals surface area contributed by atoms with Crippen molar-refractivity contribution in [2.24, 2.45) is 0 Å². The molecule has 15 heavy (non-hydrogen) atoms. The van der Waals surface area contributed by atoms with Crippen LogP contribution in [0.1, 0.15) is 5.56 Å². The molecule has 0 fully saturated rings. The van der Waals surface area contributed by atoms with Crippen molar-refractivity contribution in [2.45, 2.75) is 11.8 Å². The molecule has 78 valence electrons. The summed E-state index contributed by atoms with van der Waals surface area (Å²) >= 11 is 4.01. The standard InChI is InChI=1S/C9H9FN4S/c10-5-6-1-3-7(4-2-6)8-12-13-9(15)14(8)11/h1-4H,5,11H2,(H,13,15). The molecule has 0 bridgehead atoms. The summed E-state index contributed by atoms with van der Waals surface area (Å²) < 4.78 is 13.5. The van der Waals surface area contributed by atoms with Gasteiger partial charge in [-0.2, -0.15) is 0 Å². The third-order valence-corrected chi connectivity index (χ3v) is 2.35. The topological polar surface area (TPSA) is 56.7 Å². The van der Waals surface area contributed by atoms with Crippen LogP contribution >= 0.6 is 12.6 Å². The predicted molar refractivity (Wildman–Crippen MR) is 57.7 cm³/mol. The summed E-state index contributed by atoms with van der Waals surface area (Å²) in [5.41, 5.74) is 1.40. The molecule has 0 atom stereocenters. The molecule has 0 saturated carbocycles. The van der Waals surface area contributed by atoms with E-state index in [4.69, 9.17) is 5.84 Å². The fraction of sp³-hybridized carbons (Fsp3) is 0.111. The van der Waals surface area contributed by atoms with E-state index in [0.717, 1.165) is 5.56 Å². The molecular weight excluding hydrogens is 215 g/mol. The number of nitrogen functional groups attached to an aromatic ring is 1. The first-order chi connectivity index (χ1) is 7.22. The summed E-state index contributed by atoms with van der Waals surface area (Å²) in [5.74, 6) is 6.15. The van der Waals surface area contributed by atoms with Gasteiger partial charge in [-0.25, -0.2) is 9.07 Å². The van der Waals surface area contributed by atoms with Gasteiger partial charge in [0.05, 0.1) is 0 Å². The van der Waals surface area contributed by atoms with Crippen molar-refractivity contribution in [1.82, 2.24) is 14.9 Å². The maximum atomic E-state index is 12.3. The van der Waals surface area contributed by atoms with E-state index in [0.29, 0.717) is 16.5 Å². The van der Waals surface area contributed by atoms with Crippen LogP contribution in [0.5, 0.6) is 0 Å². The first-order valence-electron chi connectivity index (χ1n) is 4.27. The lowest BCUT2D eigenvalue weighted by Gasteiger charge is -2.01. The van der Waals surface area contributed by atoms with Gasteiger partial charge >= 0.3 is 0 Å². The molecule has 2 N–H and O–H groups in total. The molecule has 1 heterocycles. The maximum absolute atomic E-state index is 12.3. The first kappa shape index (κ1) is 9.97. The molecule has 1 aromatic heterocycles. The average Bonchev–Trinajstić information content (AvgIpc) is 2.60. The fourth-order valence-electron chi connectivity index (χ4n) is 1.22. The van der Waals surface area contributed by atoms with E-state index in [1.807, 2.05) is 0 Å². The van der Waals surface area contributed by atoms with E-state index in [2.05, 4.69) is 22.8 Å². The Morgan fingerprint density at radius 1 is 1.27 bits per heavy atom. The molecule has 0 aliphatic carbocycles. The number of hydrogen-bond acceptors (Lipinski definition) is 4. The van der Waals surface area contributed by atoms with E-state index in [1.165, 1.54) is 4.68 Å². The minimum atomic E-state index is -0.479. The molecule has 0 radical (unpaired) electrons. The lowest BCUT2D eigenvalue weighted by atomic mass is 10.1. The van der Waals surface area contributed by atoms with Crippen molar-refractivity contribution in [3.05, 3.63) is 29.8 Å². The number of aromatic nitrogens is 3. The highest BCUT2D eigenvalue weighted by atomic mass is 32.1. The Morgan fingerprint density at radius 2 is 1.93 bits per heavy atom. The minimum Gasteiger partial charge on any atom is -0.335 e. The summed E-state index contributed by atoms with van der Waals surface area (Å²) in [6.07, 6.45) is 0. The van der Waals surface area contributed by atoms with E-state index in [9.17, 15) is 4.39 Å². The summed E-state index contributed by atoms with van der Waals surface area (Å²) in [6, 6.07) is 6.86. The number of nitrogens with zero attached hydrogens (tertiary/aromatic N) is 3. The molecule has 2 aromatic rings. The van der Waals surface area contributed by atoms with Crippen molar-refractivity contribution in [3.63, 3.8) is 0 Å². The molecule has 1 aromatic carbocycles. The van der Waals surface area contributed by atoms with Crippen LogP contribution in [-0.4, -0.2) is 14.9 Å². The summed E-state index contributed by atoms with van der Waals surface area (Å²) in [6.45, 7) is -0.479. The van der Waals surface area contributed by atoms with E-state index >= 15 is 0 Å². The Hall–Kier alpha value is -1.56. The monoisotopic (exact) mass is 224 g/mol. The molecule has 0 spiro atoms. The number of benzene rings is 1. The normalized spacial score (nSPS) is 10.5. The molecule has 0 aliphatic rings. The lowest BCUT2D eigenvalue weighted by molar-refractivity contribution is 0.485. The SMILES string of the molecule is Nn1c(S)nnc1-c1ccc(CF)cc1. The van der Waals surface area contributed by atoms with Gasteiger partial charge < -0.3 is 5.84 Å². The molecule has 0 amide bonds. The predicted octanol–water partition coefficient (Wildman–Crippen LogP) is 1.42. The number of nitrogens with two attached hydrogens (primary N) is 1. The molecule has 0 saturated heterocycles. The van der Waals surface area contributed by atoms with Gasteiger partial charge in [0.1, 0.15) is 6.67 Å². The smallest absolute Gasteiger partial charge is 0.206 e. The zero-order valence-electron chi connectivity index (χ0n) is 7.76. The van der Waals surface area contributed by atoms with Crippen molar-refractivity contribution in [2.75, 3.05) is 5.84 Å². The van der Waals surface area contributed by atoms with Crippen LogP contribution in [-0.2, 0) is 6.67 Å². The average molecular weight is 224 g/mol. The Bertz CT molecular complexity index is 465. The van der Waals surface area contributed by atoms with Crippen LogP contribution in [0.3, 0.4) is 0 Å². The summed E-state index contributed by atoms with van der Waals surface area (Å²) in [7, 11) is 0. The Morgan fingerprint density at radius 3 is 2.40 bits per heavy atom. The molecule has 0 aliphatic heterocycles. The zero-order valence-corrected chi connectivity index (χ0v) is 8.66. The minimum absolute atomic E-state index is 0.333. The van der Waals surface area contributed by atoms with E-state index < -0.39 is 6.67 Å². The fourth-order valence-corrected chi connectivity index (χ4v) is 1.36. The van der Waals surface area contributed by atoms with Crippen LogP contribution < -0.4 is 5.84 Å². The summed E-state index contributed by atoms with van der Waals surface area (Å²) in [5, 5.41) is 7.91. The number of alkyl halides is 1. The van der Waals surface area contributed by atoms with Crippen LogP contribution in [0.25, 0.3) is 11.4 Å². The van der Waals surface area contributed by atoms with Crippen LogP contribution in [0.2, 0.25) is 0 Å². The Labute approximate surface area is 91.3 Å². The molecule has 2 rings (SSSR count). The lowest BCUT2D eigenvalue weighted by Crippen LogP contribution is -2.10. The second-order valence-corrected chi connectivity index (χ2v) is 3.42. The quantitative estimate of drug-likeness (QED) is 0.599.